The van der Waals surface area contributed by atoms with Crippen LogP contribution in [0.5, 0.6) is 0 Å². The number of piperazine rings is 1. The van der Waals surface area contributed by atoms with Crippen LogP contribution in [0, 0.1) is 5.92 Å². The Morgan fingerprint density at radius 2 is 1.86 bits per heavy atom. The molecule has 0 amide bonds. The molecule has 1 heterocycles. The number of hydrogen-bond donors (Lipinski definition) is 1. The maximum Gasteiger partial charge on any atom is 0.133 e. The minimum atomic E-state index is 0.758. The fourth-order valence-corrected chi connectivity index (χ4v) is 2.54. The number of hydrogen-bond acceptors (Lipinski definition) is 2. The molecular formula is C10H18N2S2. The van der Waals surface area contributed by atoms with Crippen molar-refractivity contribution in [2.24, 2.45) is 5.92 Å². The van der Waals surface area contributed by atoms with Gasteiger partial charge < -0.3 is 4.90 Å². The van der Waals surface area contributed by atoms with E-state index in [1.807, 2.05) is 0 Å². The largest absolute Gasteiger partial charge is 0.355 e. The standard InChI is InChI=1S/C10H18N2S2/c13-10(14)12-6-4-11(5-7-12)8-9-2-1-3-9/h9H,1-8H2,(H,13,14). The summed E-state index contributed by atoms with van der Waals surface area (Å²) in [5, 5.41) is 0. The molecule has 0 aromatic rings. The minimum absolute atomic E-state index is 0.758. The van der Waals surface area contributed by atoms with Crippen molar-refractivity contribution in [3.63, 3.8) is 0 Å². The van der Waals surface area contributed by atoms with Crippen LogP contribution in [0.15, 0.2) is 0 Å². The number of thiol groups is 1. The van der Waals surface area contributed by atoms with E-state index in [1.165, 1.54) is 25.8 Å². The lowest BCUT2D eigenvalue weighted by Gasteiger charge is -2.38. The molecule has 0 radical (unpaired) electrons. The van der Waals surface area contributed by atoms with Crippen molar-refractivity contribution in [3.8, 4) is 0 Å². The number of rotatable bonds is 2. The molecule has 80 valence electrons. The first-order valence-electron chi connectivity index (χ1n) is 5.46. The van der Waals surface area contributed by atoms with Crippen LogP contribution in [0.3, 0.4) is 0 Å². The normalized spacial score (nSPS) is 24.8. The molecule has 1 saturated heterocycles. The lowest BCUT2D eigenvalue weighted by atomic mass is 9.85. The van der Waals surface area contributed by atoms with Crippen LogP contribution in [0.4, 0.5) is 0 Å². The molecule has 0 unspecified atom stereocenters. The van der Waals surface area contributed by atoms with Crippen molar-refractivity contribution in [2.45, 2.75) is 19.3 Å². The second-order valence-corrected chi connectivity index (χ2v) is 5.48. The summed E-state index contributed by atoms with van der Waals surface area (Å²) >= 11 is 9.26. The molecule has 0 atom stereocenters. The van der Waals surface area contributed by atoms with E-state index in [0.29, 0.717) is 0 Å². The van der Waals surface area contributed by atoms with E-state index in [2.05, 4.69) is 22.4 Å². The first-order chi connectivity index (χ1) is 6.75. The Bertz CT molecular complexity index is 208. The molecule has 0 bridgehead atoms. The van der Waals surface area contributed by atoms with Gasteiger partial charge in [0.05, 0.1) is 0 Å². The summed E-state index contributed by atoms with van der Waals surface area (Å²) in [6.07, 6.45) is 4.35. The summed E-state index contributed by atoms with van der Waals surface area (Å²) in [6.45, 7) is 5.77. The van der Waals surface area contributed by atoms with E-state index in [0.717, 1.165) is 36.4 Å². The van der Waals surface area contributed by atoms with Crippen LogP contribution in [-0.2, 0) is 0 Å². The summed E-state index contributed by atoms with van der Waals surface area (Å²) in [5.41, 5.74) is 0. The van der Waals surface area contributed by atoms with Gasteiger partial charge in [-0.2, -0.15) is 0 Å². The van der Waals surface area contributed by atoms with Gasteiger partial charge in [-0.05, 0) is 18.8 Å². The Labute approximate surface area is 97.0 Å². The van der Waals surface area contributed by atoms with Gasteiger partial charge in [0.2, 0.25) is 0 Å². The first-order valence-corrected chi connectivity index (χ1v) is 6.31. The molecular weight excluding hydrogens is 212 g/mol. The van der Waals surface area contributed by atoms with Crippen LogP contribution in [0.1, 0.15) is 19.3 Å². The van der Waals surface area contributed by atoms with Crippen molar-refractivity contribution < 1.29 is 0 Å². The summed E-state index contributed by atoms with van der Waals surface area (Å²) in [4.78, 5) is 4.77. The van der Waals surface area contributed by atoms with E-state index in [4.69, 9.17) is 12.2 Å². The van der Waals surface area contributed by atoms with Crippen molar-refractivity contribution in [1.29, 1.82) is 0 Å². The molecule has 2 nitrogen and oxygen atoms in total. The predicted octanol–water partition coefficient (Wildman–Crippen LogP) is 1.62. The zero-order chi connectivity index (χ0) is 9.97. The molecule has 14 heavy (non-hydrogen) atoms. The van der Waals surface area contributed by atoms with Crippen molar-refractivity contribution in [3.05, 3.63) is 0 Å². The minimum Gasteiger partial charge on any atom is -0.355 e. The predicted molar refractivity (Wildman–Crippen MR) is 66.9 cm³/mol. The second kappa shape index (κ2) is 4.81. The van der Waals surface area contributed by atoms with Gasteiger partial charge in [-0.1, -0.05) is 18.6 Å². The van der Waals surface area contributed by atoms with Gasteiger partial charge in [-0.15, -0.1) is 12.6 Å². The molecule has 0 N–H and O–H groups in total. The van der Waals surface area contributed by atoms with E-state index in [1.54, 1.807) is 0 Å². The summed E-state index contributed by atoms with van der Waals surface area (Å²) in [5.74, 6) is 0.990. The van der Waals surface area contributed by atoms with Gasteiger partial charge in [0, 0.05) is 32.7 Å². The van der Waals surface area contributed by atoms with Crippen LogP contribution in [0.2, 0.25) is 0 Å². The topological polar surface area (TPSA) is 6.48 Å². The van der Waals surface area contributed by atoms with Gasteiger partial charge in [0.1, 0.15) is 4.32 Å². The Morgan fingerprint density at radius 1 is 1.21 bits per heavy atom. The molecule has 1 saturated carbocycles. The molecule has 0 aromatic heterocycles. The highest BCUT2D eigenvalue weighted by Gasteiger charge is 2.23. The highest BCUT2D eigenvalue weighted by atomic mass is 32.1. The average molecular weight is 230 g/mol. The number of nitrogens with zero attached hydrogens (tertiary/aromatic N) is 2. The van der Waals surface area contributed by atoms with Crippen LogP contribution in [0.25, 0.3) is 0 Å². The first kappa shape index (κ1) is 10.7. The highest BCUT2D eigenvalue weighted by molar-refractivity contribution is 8.10. The SMILES string of the molecule is S=C(S)N1CCN(CC2CCC2)CC1. The summed E-state index contributed by atoms with van der Waals surface area (Å²) in [7, 11) is 0. The van der Waals surface area contributed by atoms with E-state index in [9.17, 15) is 0 Å². The van der Waals surface area contributed by atoms with Crippen LogP contribution >= 0.6 is 24.8 Å². The van der Waals surface area contributed by atoms with Gasteiger partial charge in [-0.25, -0.2) is 0 Å². The Balaban J connectivity index is 1.69. The average Bonchev–Trinajstić information content (AvgIpc) is 2.12. The third-order valence-corrected chi connectivity index (χ3v) is 3.92. The van der Waals surface area contributed by atoms with E-state index >= 15 is 0 Å². The van der Waals surface area contributed by atoms with Crippen molar-refractivity contribution in [1.82, 2.24) is 9.80 Å². The summed E-state index contributed by atoms with van der Waals surface area (Å²) in [6, 6.07) is 0. The molecule has 1 aliphatic carbocycles. The molecule has 0 spiro atoms. The zero-order valence-corrected chi connectivity index (χ0v) is 10.2. The van der Waals surface area contributed by atoms with Gasteiger partial charge >= 0.3 is 0 Å². The summed E-state index contributed by atoms with van der Waals surface area (Å²) < 4.78 is 0.758. The third-order valence-electron chi connectivity index (χ3n) is 3.38. The molecule has 0 aromatic carbocycles. The molecule has 2 fully saturated rings. The highest BCUT2D eigenvalue weighted by Crippen LogP contribution is 2.27. The fourth-order valence-electron chi connectivity index (χ4n) is 2.16. The lowest BCUT2D eigenvalue weighted by molar-refractivity contribution is 0.133. The van der Waals surface area contributed by atoms with Gasteiger partial charge in [-0.3, -0.25) is 4.90 Å². The van der Waals surface area contributed by atoms with Gasteiger partial charge in [0.15, 0.2) is 0 Å². The maximum atomic E-state index is 5.05. The smallest absolute Gasteiger partial charge is 0.133 e. The fraction of sp³-hybridized carbons (Fsp3) is 0.900. The Kier molecular flexibility index (Phi) is 3.68. The Morgan fingerprint density at radius 3 is 2.29 bits per heavy atom. The maximum absolute atomic E-state index is 5.05. The zero-order valence-electron chi connectivity index (χ0n) is 8.48. The number of thiocarbonyl (C=S) groups is 1. The quantitative estimate of drug-likeness (QED) is 0.569. The van der Waals surface area contributed by atoms with E-state index < -0.39 is 0 Å². The van der Waals surface area contributed by atoms with Gasteiger partial charge in [0.25, 0.3) is 0 Å². The monoisotopic (exact) mass is 230 g/mol. The molecule has 1 aliphatic heterocycles. The van der Waals surface area contributed by atoms with Crippen LogP contribution in [-0.4, -0.2) is 46.8 Å². The molecule has 4 heteroatoms. The van der Waals surface area contributed by atoms with Crippen molar-refractivity contribution in [2.75, 3.05) is 32.7 Å². The molecule has 2 aliphatic rings. The second-order valence-electron chi connectivity index (χ2n) is 4.37. The molecule has 2 rings (SSSR count). The van der Waals surface area contributed by atoms with Crippen LogP contribution < -0.4 is 0 Å². The Hall–Kier alpha value is 0.200. The van der Waals surface area contributed by atoms with Crippen molar-refractivity contribution >= 4 is 29.2 Å². The lowest BCUT2D eigenvalue weighted by Crippen LogP contribution is -2.48. The third kappa shape index (κ3) is 2.61. The van der Waals surface area contributed by atoms with E-state index in [-0.39, 0.29) is 0 Å².